The zero-order valence-corrected chi connectivity index (χ0v) is 20.4. The lowest BCUT2D eigenvalue weighted by molar-refractivity contribution is -0.116. The number of hydrogen-bond acceptors (Lipinski definition) is 6. The maximum Gasteiger partial charge on any atom is 0.243 e. The van der Waals surface area contributed by atoms with E-state index < -0.39 is 10.0 Å². The van der Waals surface area contributed by atoms with Crippen molar-refractivity contribution in [2.45, 2.75) is 70.1 Å². The summed E-state index contributed by atoms with van der Waals surface area (Å²) in [6.45, 7) is 6.62. The number of piperidine rings is 2. The van der Waals surface area contributed by atoms with Gasteiger partial charge >= 0.3 is 0 Å². The van der Waals surface area contributed by atoms with Crippen molar-refractivity contribution < 1.29 is 17.7 Å². The molecule has 0 spiro atoms. The van der Waals surface area contributed by atoms with Crippen LogP contribution in [0.3, 0.4) is 0 Å². The van der Waals surface area contributed by atoms with Crippen LogP contribution >= 0.6 is 0 Å². The third-order valence-electron chi connectivity index (χ3n) is 6.67. The molecule has 8 nitrogen and oxygen atoms in total. The summed E-state index contributed by atoms with van der Waals surface area (Å²) in [6, 6.07) is 5.18. The lowest BCUT2D eigenvalue weighted by atomic mass is 10.1. The van der Waals surface area contributed by atoms with Crippen LogP contribution in [0.25, 0.3) is 0 Å². The Morgan fingerprint density at radius 3 is 2.33 bits per heavy atom. The Bertz CT molecular complexity index is 1060. The van der Waals surface area contributed by atoms with E-state index in [0.717, 1.165) is 67.9 Å². The molecule has 2 fully saturated rings. The number of rotatable bonds is 7. The molecule has 0 saturated carbocycles. The van der Waals surface area contributed by atoms with Gasteiger partial charge in [0.2, 0.25) is 15.9 Å². The van der Waals surface area contributed by atoms with Crippen LogP contribution in [0, 0.1) is 13.8 Å². The molecule has 1 aromatic carbocycles. The molecule has 2 aromatic rings. The number of nitrogens with one attached hydrogen (secondary N) is 1. The van der Waals surface area contributed by atoms with Gasteiger partial charge in [-0.15, -0.1) is 0 Å². The van der Waals surface area contributed by atoms with Gasteiger partial charge in [-0.2, -0.15) is 4.31 Å². The minimum Gasteiger partial charge on any atom is -0.370 e. The summed E-state index contributed by atoms with van der Waals surface area (Å²) >= 11 is 0. The highest BCUT2D eigenvalue weighted by Gasteiger charge is 2.27. The minimum absolute atomic E-state index is 0.152. The number of aromatic nitrogens is 1. The molecule has 2 aliphatic rings. The van der Waals surface area contributed by atoms with Crippen molar-refractivity contribution in [2.75, 3.05) is 36.4 Å². The van der Waals surface area contributed by atoms with Crippen molar-refractivity contribution in [1.29, 1.82) is 0 Å². The first-order valence-electron chi connectivity index (χ1n) is 12.0. The van der Waals surface area contributed by atoms with Crippen LogP contribution in [-0.2, 0) is 21.2 Å². The van der Waals surface area contributed by atoms with E-state index in [0.29, 0.717) is 25.2 Å². The van der Waals surface area contributed by atoms with Gasteiger partial charge in [0.1, 0.15) is 5.76 Å². The van der Waals surface area contributed by atoms with E-state index >= 15 is 0 Å². The van der Waals surface area contributed by atoms with E-state index in [1.54, 1.807) is 16.4 Å². The second-order valence-electron chi connectivity index (χ2n) is 9.04. The summed E-state index contributed by atoms with van der Waals surface area (Å²) < 4.78 is 33.3. The van der Waals surface area contributed by atoms with Gasteiger partial charge in [0.15, 0.2) is 0 Å². The predicted molar refractivity (Wildman–Crippen MR) is 128 cm³/mol. The average molecular weight is 475 g/mol. The van der Waals surface area contributed by atoms with Crippen LogP contribution in [0.4, 0.5) is 11.4 Å². The summed E-state index contributed by atoms with van der Waals surface area (Å²) in [5.74, 6) is 0.574. The first-order chi connectivity index (χ1) is 15.9. The second kappa shape index (κ2) is 10.3. The molecule has 4 rings (SSSR count). The Labute approximate surface area is 196 Å². The van der Waals surface area contributed by atoms with Crippen LogP contribution in [0.2, 0.25) is 0 Å². The predicted octanol–water partition coefficient (Wildman–Crippen LogP) is 4.03. The van der Waals surface area contributed by atoms with Crippen LogP contribution in [0.5, 0.6) is 0 Å². The van der Waals surface area contributed by atoms with Crippen LogP contribution in [0.1, 0.15) is 62.0 Å². The molecule has 0 atom stereocenters. The van der Waals surface area contributed by atoms with Gasteiger partial charge in [0, 0.05) is 38.2 Å². The monoisotopic (exact) mass is 474 g/mol. The topological polar surface area (TPSA) is 95.8 Å². The molecule has 2 saturated heterocycles. The largest absolute Gasteiger partial charge is 0.370 e. The molecule has 0 unspecified atom stereocenters. The first kappa shape index (κ1) is 23.8. The van der Waals surface area contributed by atoms with Crippen molar-refractivity contribution in [3.63, 3.8) is 0 Å². The molecule has 0 radical (unpaired) electrons. The molecule has 3 heterocycles. The lowest BCUT2D eigenvalue weighted by Crippen LogP contribution is -2.35. The van der Waals surface area contributed by atoms with E-state index in [2.05, 4.69) is 15.4 Å². The van der Waals surface area contributed by atoms with E-state index in [1.807, 2.05) is 19.9 Å². The molecular weight excluding hydrogens is 440 g/mol. The molecule has 180 valence electrons. The fourth-order valence-corrected chi connectivity index (χ4v) is 6.29. The standard InChI is InChI=1S/C24H34N4O4S/c1-18-21(19(2)32-26-18)10-12-24(29)25-22-17-20(33(30,31)28-15-7-4-8-16-28)9-11-23(22)27-13-5-3-6-14-27/h9,11,17H,3-8,10,12-16H2,1-2H3,(H,25,29). The summed E-state index contributed by atoms with van der Waals surface area (Å²) in [5, 5.41) is 6.96. The maximum atomic E-state index is 13.3. The minimum atomic E-state index is -3.58. The molecule has 0 aliphatic carbocycles. The number of carbonyl (C=O) groups is 1. The van der Waals surface area contributed by atoms with Crippen molar-refractivity contribution >= 4 is 27.3 Å². The van der Waals surface area contributed by atoms with Gasteiger partial charge in [0.25, 0.3) is 0 Å². The summed E-state index contributed by atoms with van der Waals surface area (Å²) in [4.78, 5) is 15.4. The highest BCUT2D eigenvalue weighted by molar-refractivity contribution is 7.89. The quantitative estimate of drug-likeness (QED) is 0.651. The summed E-state index contributed by atoms with van der Waals surface area (Å²) in [6.07, 6.45) is 7.00. The molecule has 1 N–H and O–H groups in total. The molecular formula is C24H34N4O4S. The number of nitrogens with zero attached hydrogens (tertiary/aromatic N) is 3. The number of benzene rings is 1. The zero-order valence-electron chi connectivity index (χ0n) is 19.6. The second-order valence-corrected chi connectivity index (χ2v) is 11.0. The zero-order chi connectivity index (χ0) is 23.4. The summed E-state index contributed by atoms with van der Waals surface area (Å²) in [7, 11) is -3.58. The normalized spacial score (nSPS) is 17.8. The Morgan fingerprint density at radius 1 is 1.03 bits per heavy atom. The smallest absolute Gasteiger partial charge is 0.243 e. The van der Waals surface area contributed by atoms with Gasteiger partial charge in [-0.05, 0) is 70.6 Å². The third-order valence-corrected chi connectivity index (χ3v) is 8.57. The first-order valence-corrected chi connectivity index (χ1v) is 13.4. The van der Waals surface area contributed by atoms with Crippen molar-refractivity contribution in [2.24, 2.45) is 0 Å². The van der Waals surface area contributed by atoms with E-state index in [-0.39, 0.29) is 17.2 Å². The number of sulfonamides is 1. The fraction of sp³-hybridized carbons (Fsp3) is 0.583. The van der Waals surface area contributed by atoms with Gasteiger partial charge < -0.3 is 14.7 Å². The van der Waals surface area contributed by atoms with E-state index in [4.69, 9.17) is 4.52 Å². The number of anilines is 2. The number of amides is 1. The van der Waals surface area contributed by atoms with E-state index in [1.165, 1.54) is 6.42 Å². The summed E-state index contributed by atoms with van der Waals surface area (Å²) in [5.41, 5.74) is 3.20. The van der Waals surface area contributed by atoms with Gasteiger partial charge in [-0.3, -0.25) is 4.79 Å². The van der Waals surface area contributed by atoms with Crippen LogP contribution in [0.15, 0.2) is 27.6 Å². The Balaban J connectivity index is 1.57. The van der Waals surface area contributed by atoms with Crippen LogP contribution in [-0.4, -0.2) is 50.0 Å². The highest BCUT2D eigenvalue weighted by Crippen LogP contribution is 2.33. The molecule has 9 heteroatoms. The molecule has 0 bridgehead atoms. The van der Waals surface area contributed by atoms with Crippen LogP contribution < -0.4 is 10.2 Å². The van der Waals surface area contributed by atoms with Gasteiger partial charge in [-0.25, -0.2) is 8.42 Å². The fourth-order valence-electron chi connectivity index (χ4n) is 4.75. The number of carbonyl (C=O) groups excluding carboxylic acids is 1. The SMILES string of the molecule is Cc1noc(C)c1CCC(=O)Nc1cc(S(=O)(=O)N2CCCCC2)ccc1N1CCCCC1. The number of hydrogen-bond donors (Lipinski definition) is 1. The maximum absolute atomic E-state index is 13.3. The number of aryl methyl sites for hydroxylation is 2. The Kier molecular flexibility index (Phi) is 7.38. The van der Waals surface area contributed by atoms with Crippen molar-refractivity contribution in [3.8, 4) is 0 Å². The van der Waals surface area contributed by atoms with Gasteiger partial charge in [-0.1, -0.05) is 11.6 Å². The highest BCUT2D eigenvalue weighted by atomic mass is 32.2. The average Bonchev–Trinajstić information content (AvgIpc) is 3.15. The lowest BCUT2D eigenvalue weighted by Gasteiger charge is -2.31. The molecule has 1 aromatic heterocycles. The van der Waals surface area contributed by atoms with Crippen molar-refractivity contribution in [1.82, 2.24) is 9.46 Å². The third kappa shape index (κ3) is 5.41. The molecule has 1 amide bonds. The van der Waals surface area contributed by atoms with Crippen molar-refractivity contribution in [3.05, 3.63) is 35.2 Å². The molecule has 33 heavy (non-hydrogen) atoms. The van der Waals surface area contributed by atoms with Gasteiger partial charge in [0.05, 0.1) is 22.0 Å². The Morgan fingerprint density at radius 2 is 1.70 bits per heavy atom. The van der Waals surface area contributed by atoms with E-state index in [9.17, 15) is 13.2 Å². The Hall–Kier alpha value is -2.39. The molecule has 2 aliphatic heterocycles.